The maximum absolute atomic E-state index is 10.4. The lowest BCUT2D eigenvalue weighted by molar-refractivity contribution is 0.0704. The third-order valence-corrected chi connectivity index (χ3v) is 5.80. The summed E-state index contributed by atoms with van der Waals surface area (Å²) in [6.07, 6.45) is 1.49. The summed E-state index contributed by atoms with van der Waals surface area (Å²) in [6, 6.07) is 0.707. The molecular weight excluding hydrogens is 275 g/mol. The Morgan fingerprint density at radius 2 is 1.50 bits per heavy atom. The lowest BCUT2D eigenvalue weighted by Gasteiger charge is -2.28. The lowest BCUT2D eigenvalue weighted by atomic mass is 10.4. The highest BCUT2D eigenvalue weighted by Gasteiger charge is 2.39. The first-order valence-electron chi connectivity index (χ1n) is 6.37. The van der Waals surface area contributed by atoms with Gasteiger partial charge >= 0.3 is 17.1 Å². The molecule has 0 aromatic rings. The van der Waals surface area contributed by atoms with Gasteiger partial charge in [0.1, 0.15) is 0 Å². The molecule has 0 bridgehead atoms. The predicted molar refractivity (Wildman–Crippen MR) is 71.8 cm³/mol. The highest BCUT2D eigenvalue weighted by atomic mass is 31.1. The molecule has 0 amide bonds. The fourth-order valence-corrected chi connectivity index (χ4v) is 4.61. The Morgan fingerprint density at radius 3 is 1.89 bits per heavy atom. The average Bonchev–Trinajstić information content (AvgIpc) is 2.29. The Labute approximate surface area is 111 Å². The minimum Gasteiger partial charge on any atom is -0.374 e. The summed E-state index contributed by atoms with van der Waals surface area (Å²) in [4.78, 5) is 8.52. The molecule has 1 N–H and O–H groups in total. The second-order valence-electron chi connectivity index (χ2n) is 3.55. The summed E-state index contributed by atoms with van der Waals surface area (Å²) in [5, 5.41) is 0. The Hall–Kier alpha value is 0.247. The van der Waals surface area contributed by atoms with Crippen LogP contribution >= 0.6 is 8.25 Å². The number of unbranched alkanes of at least 4 members (excludes halogenated alkanes) is 1. The first kappa shape index (κ1) is 18.2. The van der Waals surface area contributed by atoms with Crippen molar-refractivity contribution < 1.29 is 27.3 Å². The van der Waals surface area contributed by atoms with Gasteiger partial charge in [-0.25, -0.2) is 0 Å². The minimum absolute atomic E-state index is 0.281. The molecule has 0 fully saturated rings. The fourth-order valence-electron chi connectivity index (χ4n) is 1.60. The summed E-state index contributed by atoms with van der Waals surface area (Å²) in [5.74, 6) is 0. The average molecular weight is 300 g/mol. The minimum atomic E-state index is -2.81. The van der Waals surface area contributed by atoms with Gasteiger partial charge in [0.05, 0.1) is 6.61 Å². The highest BCUT2D eigenvalue weighted by Crippen LogP contribution is 2.21. The summed E-state index contributed by atoms with van der Waals surface area (Å²) in [7, 11) is -5.37. The molecule has 0 aliphatic rings. The molecule has 6 nitrogen and oxygen atoms in total. The molecular formula is C10H25O6PSi. The molecule has 0 heterocycles. The van der Waals surface area contributed by atoms with Crippen molar-refractivity contribution in [3.63, 3.8) is 0 Å². The van der Waals surface area contributed by atoms with E-state index in [9.17, 15) is 4.57 Å². The van der Waals surface area contributed by atoms with E-state index in [0.717, 1.165) is 6.42 Å². The first-order chi connectivity index (χ1) is 8.60. The van der Waals surface area contributed by atoms with Gasteiger partial charge in [0, 0.05) is 25.9 Å². The van der Waals surface area contributed by atoms with Crippen LogP contribution in [0.5, 0.6) is 0 Å². The molecule has 0 aromatic heterocycles. The van der Waals surface area contributed by atoms with Crippen LogP contribution in [0, 0.1) is 0 Å². The monoisotopic (exact) mass is 300 g/mol. The van der Waals surface area contributed by atoms with Crippen molar-refractivity contribution in [2.75, 3.05) is 26.4 Å². The standard InChI is InChI=1S/C10H25O6PSi/c1-4-14-18(15-5-2,16-6-3)10-8-7-9-13-17(11)12/h17H,4-10H2,1-3H3,(H,11,12). The Kier molecular flexibility index (Phi) is 11.3. The zero-order chi connectivity index (χ0) is 13.9. The largest absolute Gasteiger partial charge is 0.500 e. The van der Waals surface area contributed by atoms with Crippen molar-refractivity contribution in [2.24, 2.45) is 0 Å². The van der Waals surface area contributed by atoms with Crippen molar-refractivity contribution in [3.8, 4) is 0 Å². The lowest BCUT2D eigenvalue weighted by Crippen LogP contribution is -2.45. The van der Waals surface area contributed by atoms with E-state index in [2.05, 4.69) is 4.52 Å². The van der Waals surface area contributed by atoms with Crippen LogP contribution in [-0.4, -0.2) is 40.1 Å². The van der Waals surface area contributed by atoms with Crippen molar-refractivity contribution in [3.05, 3.63) is 0 Å². The Morgan fingerprint density at radius 1 is 1.00 bits per heavy atom. The molecule has 0 radical (unpaired) electrons. The Balaban J connectivity index is 4.08. The SMILES string of the molecule is CCO[Si](CCCCO[PH](=O)O)(OCC)OCC. The summed E-state index contributed by atoms with van der Waals surface area (Å²) in [5.41, 5.74) is 0. The maximum Gasteiger partial charge on any atom is 0.500 e. The van der Waals surface area contributed by atoms with E-state index in [1.807, 2.05) is 20.8 Å². The maximum atomic E-state index is 10.4. The molecule has 0 aliphatic heterocycles. The van der Waals surface area contributed by atoms with Crippen LogP contribution in [0.15, 0.2) is 0 Å². The molecule has 0 aliphatic carbocycles. The summed E-state index contributed by atoms with van der Waals surface area (Å²) < 4.78 is 32.1. The Bertz CT molecular complexity index is 211. The topological polar surface area (TPSA) is 74.2 Å². The van der Waals surface area contributed by atoms with Gasteiger partial charge in [-0.2, -0.15) is 0 Å². The van der Waals surface area contributed by atoms with Crippen molar-refractivity contribution >= 4 is 17.1 Å². The van der Waals surface area contributed by atoms with Gasteiger partial charge in [0.2, 0.25) is 0 Å². The summed E-state index contributed by atoms with van der Waals surface area (Å²) in [6.45, 7) is 7.72. The van der Waals surface area contributed by atoms with Gasteiger partial charge < -0.3 is 22.7 Å². The molecule has 0 aromatic carbocycles. The van der Waals surface area contributed by atoms with Gasteiger partial charge in [-0.1, -0.05) is 0 Å². The third-order valence-electron chi connectivity index (χ3n) is 2.20. The van der Waals surface area contributed by atoms with Crippen molar-refractivity contribution in [1.82, 2.24) is 0 Å². The molecule has 1 atom stereocenters. The molecule has 0 saturated heterocycles. The molecule has 0 spiro atoms. The molecule has 0 saturated carbocycles. The number of rotatable bonds is 12. The zero-order valence-corrected chi connectivity index (χ0v) is 13.4. The summed E-state index contributed by atoms with van der Waals surface area (Å²) >= 11 is 0. The second kappa shape index (κ2) is 11.1. The third kappa shape index (κ3) is 8.37. The van der Waals surface area contributed by atoms with Crippen LogP contribution in [0.2, 0.25) is 6.04 Å². The predicted octanol–water partition coefficient (Wildman–Crippen LogP) is 2.21. The van der Waals surface area contributed by atoms with E-state index in [1.54, 1.807) is 0 Å². The van der Waals surface area contributed by atoms with Crippen LogP contribution in [0.3, 0.4) is 0 Å². The molecule has 18 heavy (non-hydrogen) atoms. The molecule has 110 valence electrons. The van der Waals surface area contributed by atoms with E-state index in [-0.39, 0.29) is 6.61 Å². The van der Waals surface area contributed by atoms with Crippen molar-refractivity contribution in [1.29, 1.82) is 0 Å². The first-order valence-corrected chi connectivity index (χ1v) is 9.57. The second-order valence-corrected chi connectivity index (χ2v) is 7.11. The molecule has 0 rings (SSSR count). The van der Waals surface area contributed by atoms with E-state index < -0.39 is 17.1 Å². The quantitative estimate of drug-likeness (QED) is 0.338. The van der Waals surface area contributed by atoms with Gasteiger partial charge in [0.25, 0.3) is 0 Å². The van der Waals surface area contributed by atoms with Gasteiger partial charge in [-0.05, 0) is 33.6 Å². The molecule has 8 heteroatoms. The zero-order valence-electron chi connectivity index (χ0n) is 11.4. The van der Waals surface area contributed by atoms with Crippen LogP contribution in [0.25, 0.3) is 0 Å². The highest BCUT2D eigenvalue weighted by molar-refractivity contribution is 7.32. The van der Waals surface area contributed by atoms with E-state index in [0.29, 0.717) is 32.3 Å². The van der Waals surface area contributed by atoms with Crippen molar-refractivity contribution in [2.45, 2.75) is 39.7 Å². The van der Waals surface area contributed by atoms with Crippen LogP contribution < -0.4 is 0 Å². The van der Waals surface area contributed by atoms with E-state index in [1.165, 1.54) is 0 Å². The van der Waals surface area contributed by atoms with E-state index in [4.69, 9.17) is 18.2 Å². The van der Waals surface area contributed by atoms with Crippen LogP contribution in [0.1, 0.15) is 33.6 Å². The molecule has 1 unspecified atom stereocenters. The normalized spacial score (nSPS) is 13.8. The van der Waals surface area contributed by atoms with Gasteiger partial charge in [0.15, 0.2) is 0 Å². The van der Waals surface area contributed by atoms with Gasteiger partial charge in [-0.3, -0.25) is 4.57 Å². The van der Waals surface area contributed by atoms with E-state index >= 15 is 0 Å². The fraction of sp³-hybridized carbons (Fsp3) is 1.00. The number of hydrogen-bond donors (Lipinski definition) is 1. The smallest absolute Gasteiger partial charge is 0.374 e. The van der Waals surface area contributed by atoms with Gasteiger partial charge in [-0.15, -0.1) is 0 Å². The van der Waals surface area contributed by atoms with Crippen LogP contribution in [-0.2, 0) is 22.4 Å². The number of hydrogen-bond acceptors (Lipinski definition) is 5. The van der Waals surface area contributed by atoms with Crippen LogP contribution in [0.4, 0.5) is 0 Å².